The summed E-state index contributed by atoms with van der Waals surface area (Å²) in [5, 5.41) is 3.83. The van der Waals surface area contributed by atoms with Crippen LogP contribution in [0.1, 0.15) is 11.4 Å². The van der Waals surface area contributed by atoms with Crippen molar-refractivity contribution in [1.29, 1.82) is 0 Å². The van der Waals surface area contributed by atoms with Crippen molar-refractivity contribution in [2.24, 2.45) is 0 Å². The standard InChI is InChI=1S/C15H13ClN2S/c1-10-3-4-11(2)18(10)15-17-14(9-19-15)12-5-7-13(16)8-6-12/h3-9H,1-2H3. The molecule has 0 bridgehead atoms. The molecule has 0 atom stereocenters. The molecule has 0 aliphatic heterocycles. The number of halogens is 1. The summed E-state index contributed by atoms with van der Waals surface area (Å²) >= 11 is 7.56. The van der Waals surface area contributed by atoms with Gasteiger partial charge in [0.15, 0.2) is 5.13 Å². The van der Waals surface area contributed by atoms with E-state index in [0.29, 0.717) is 0 Å². The van der Waals surface area contributed by atoms with Crippen molar-refractivity contribution in [3.8, 4) is 16.4 Å². The molecule has 0 aliphatic carbocycles. The summed E-state index contributed by atoms with van der Waals surface area (Å²) in [4.78, 5) is 4.71. The van der Waals surface area contributed by atoms with Gasteiger partial charge in [-0.25, -0.2) is 4.98 Å². The molecule has 19 heavy (non-hydrogen) atoms. The molecule has 0 N–H and O–H groups in total. The number of rotatable bonds is 2. The van der Waals surface area contributed by atoms with E-state index in [-0.39, 0.29) is 0 Å². The van der Waals surface area contributed by atoms with Crippen LogP contribution in [0.2, 0.25) is 5.02 Å². The van der Waals surface area contributed by atoms with Crippen LogP contribution in [0.4, 0.5) is 0 Å². The number of thiazole rings is 1. The van der Waals surface area contributed by atoms with E-state index in [4.69, 9.17) is 16.6 Å². The van der Waals surface area contributed by atoms with Crippen LogP contribution in [-0.2, 0) is 0 Å². The van der Waals surface area contributed by atoms with Gasteiger partial charge in [0.25, 0.3) is 0 Å². The fourth-order valence-electron chi connectivity index (χ4n) is 2.09. The lowest BCUT2D eigenvalue weighted by Gasteiger charge is -2.04. The van der Waals surface area contributed by atoms with Crippen molar-refractivity contribution in [3.63, 3.8) is 0 Å². The second-order valence-corrected chi connectivity index (χ2v) is 5.75. The molecule has 96 valence electrons. The highest BCUT2D eigenvalue weighted by Crippen LogP contribution is 2.27. The van der Waals surface area contributed by atoms with Crippen LogP contribution in [0.15, 0.2) is 41.8 Å². The van der Waals surface area contributed by atoms with Gasteiger partial charge in [0.2, 0.25) is 0 Å². The molecular formula is C15H13ClN2S. The SMILES string of the molecule is Cc1ccc(C)n1-c1nc(-c2ccc(Cl)cc2)cs1. The topological polar surface area (TPSA) is 17.8 Å². The highest BCUT2D eigenvalue weighted by Gasteiger charge is 2.09. The van der Waals surface area contributed by atoms with Crippen molar-refractivity contribution >= 4 is 22.9 Å². The number of hydrogen-bond donors (Lipinski definition) is 0. The Morgan fingerprint density at radius 1 is 1.00 bits per heavy atom. The van der Waals surface area contributed by atoms with Gasteiger partial charge in [-0.2, -0.15) is 0 Å². The molecule has 0 radical (unpaired) electrons. The van der Waals surface area contributed by atoms with E-state index in [2.05, 4.69) is 35.9 Å². The zero-order valence-corrected chi connectivity index (χ0v) is 12.3. The molecule has 0 aliphatic rings. The lowest BCUT2D eigenvalue weighted by Crippen LogP contribution is -1.97. The summed E-state index contributed by atoms with van der Waals surface area (Å²) in [6.45, 7) is 4.19. The van der Waals surface area contributed by atoms with Gasteiger partial charge < -0.3 is 0 Å². The van der Waals surface area contributed by atoms with Crippen LogP contribution in [0, 0.1) is 13.8 Å². The number of nitrogens with zero attached hydrogens (tertiary/aromatic N) is 2. The van der Waals surface area contributed by atoms with E-state index in [1.54, 1.807) is 11.3 Å². The van der Waals surface area contributed by atoms with Crippen LogP contribution in [0.3, 0.4) is 0 Å². The molecule has 0 saturated heterocycles. The quantitative estimate of drug-likeness (QED) is 0.658. The van der Waals surface area contributed by atoms with Crippen LogP contribution in [-0.4, -0.2) is 9.55 Å². The van der Waals surface area contributed by atoms with Crippen molar-refractivity contribution in [3.05, 3.63) is 58.2 Å². The fourth-order valence-corrected chi connectivity index (χ4v) is 3.17. The van der Waals surface area contributed by atoms with Crippen molar-refractivity contribution < 1.29 is 0 Å². The molecular weight excluding hydrogens is 276 g/mol. The zero-order valence-electron chi connectivity index (χ0n) is 10.7. The van der Waals surface area contributed by atoms with Crippen molar-refractivity contribution in [2.75, 3.05) is 0 Å². The Balaban J connectivity index is 2.02. The predicted molar refractivity (Wildman–Crippen MR) is 81.4 cm³/mol. The third-order valence-electron chi connectivity index (χ3n) is 3.09. The molecule has 2 aromatic heterocycles. The average molecular weight is 289 g/mol. The number of aryl methyl sites for hydroxylation is 2. The molecule has 2 nitrogen and oxygen atoms in total. The van der Waals surface area contributed by atoms with Gasteiger partial charge in [-0.1, -0.05) is 23.7 Å². The lowest BCUT2D eigenvalue weighted by atomic mass is 10.2. The fraction of sp³-hybridized carbons (Fsp3) is 0.133. The van der Waals surface area contributed by atoms with Gasteiger partial charge in [-0.15, -0.1) is 11.3 Å². The predicted octanol–water partition coefficient (Wildman–Crippen LogP) is 4.87. The van der Waals surface area contributed by atoms with Gasteiger partial charge in [-0.05, 0) is 38.1 Å². The van der Waals surface area contributed by atoms with E-state index >= 15 is 0 Å². The lowest BCUT2D eigenvalue weighted by molar-refractivity contribution is 0.951. The van der Waals surface area contributed by atoms with Gasteiger partial charge >= 0.3 is 0 Å². The zero-order chi connectivity index (χ0) is 13.4. The first-order chi connectivity index (χ1) is 9.15. The van der Waals surface area contributed by atoms with Crippen LogP contribution >= 0.6 is 22.9 Å². The molecule has 0 saturated carbocycles. The first kappa shape index (κ1) is 12.5. The average Bonchev–Trinajstić information content (AvgIpc) is 2.98. The third kappa shape index (κ3) is 2.31. The molecule has 1 aromatic carbocycles. The van der Waals surface area contributed by atoms with E-state index in [9.17, 15) is 0 Å². The third-order valence-corrected chi connectivity index (χ3v) is 4.17. The van der Waals surface area contributed by atoms with Gasteiger partial charge in [0.05, 0.1) is 5.69 Å². The van der Waals surface area contributed by atoms with Crippen molar-refractivity contribution in [1.82, 2.24) is 9.55 Å². The molecule has 3 aromatic rings. The monoisotopic (exact) mass is 288 g/mol. The summed E-state index contributed by atoms with van der Waals surface area (Å²) in [7, 11) is 0. The molecule has 3 rings (SSSR count). The summed E-state index contributed by atoms with van der Waals surface area (Å²) in [6, 6.07) is 12.0. The Labute approximate surface area is 121 Å². The van der Waals surface area contributed by atoms with E-state index in [1.807, 2.05) is 24.3 Å². The molecule has 0 spiro atoms. The minimum atomic E-state index is 0.747. The van der Waals surface area contributed by atoms with Gasteiger partial charge in [0.1, 0.15) is 0 Å². The minimum absolute atomic E-state index is 0.747. The Morgan fingerprint density at radius 2 is 1.63 bits per heavy atom. The highest BCUT2D eigenvalue weighted by molar-refractivity contribution is 7.12. The largest absolute Gasteiger partial charge is 0.295 e. The molecule has 2 heterocycles. The number of benzene rings is 1. The van der Waals surface area contributed by atoms with Gasteiger partial charge in [-0.3, -0.25) is 4.57 Å². The Hall–Kier alpha value is -1.58. The summed E-state index contributed by atoms with van der Waals surface area (Å²) in [6.07, 6.45) is 0. The Morgan fingerprint density at radius 3 is 2.26 bits per heavy atom. The number of aromatic nitrogens is 2. The first-order valence-electron chi connectivity index (χ1n) is 6.02. The highest BCUT2D eigenvalue weighted by atomic mass is 35.5. The molecule has 0 fully saturated rings. The van der Waals surface area contributed by atoms with Gasteiger partial charge in [0, 0.05) is 27.4 Å². The Kier molecular flexibility index (Phi) is 3.17. The smallest absolute Gasteiger partial charge is 0.194 e. The summed E-state index contributed by atoms with van der Waals surface area (Å²) in [5.74, 6) is 0. The maximum absolute atomic E-state index is 5.91. The number of hydrogen-bond acceptors (Lipinski definition) is 2. The minimum Gasteiger partial charge on any atom is -0.295 e. The maximum atomic E-state index is 5.91. The second kappa shape index (κ2) is 4.83. The molecule has 0 amide bonds. The maximum Gasteiger partial charge on any atom is 0.194 e. The molecule has 4 heteroatoms. The van der Waals surface area contributed by atoms with E-state index in [0.717, 1.165) is 21.4 Å². The Bertz CT molecular complexity index is 691. The second-order valence-electron chi connectivity index (χ2n) is 4.47. The van der Waals surface area contributed by atoms with Crippen molar-refractivity contribution in [2.45, 2.75) is 13.8 Å². The van der Waals surface area contributed by atoms with Crippen LogP contribution in [0.5, 0.6) is 0 Å². The van der Waals surface area contributed by atoms with E-state index in [1.165, 1.54) is 11.4 Å². The van der Waals surface area contributed by atoms with Crippen LogP contribution in [0.25, 0.3) is 16.4 Å². The normalized spacial score (nSPS) is 10.9. The first-order valence-corrected chi connectivity index (χ1v) is 7.28. The summed E-state index contributed by atoms with van der Waals surface area (Å²) < 4.78 is 2.17. The summed E-state index contributed by atoms with van der Waals surface area (Å²) in [5.41, 5.74) is 4.49. The van der Waals surface area contributed by atoms with E-state index < -0.39 is 0 Å². The molecule has 0 unspecified atom stereocenters. The van der Waals surface area contributed by atoms with Crippen LogP contribution < -0.4 is 0 Å².